The van der Waals surface area contributed by atoms with Crippen molar-refractivity contribution in [3.63, 3.8) is 0 Å². The van der Waals surface area contributed by atoms with E-state index < -0.39 is 30.1 Å². The second-order valence-electron chi connectivity index (χ2n) is 9.90. The molecule has 226 valence electrons. The Morgan fingerprint density at radius 3 is 2.58 bits per heavy atom. The summed E-state index contributed by atoms with van der Waals surface area (Å²) in [5.41, 5.74) is 4.44. The van der Waals surface area contributed by atoms with Crippen molar-refractivity contribution in [3.05, 3.63) is 108 Å². The molecule has 2 aromatic carbocycles. The summed E-state index contributed by atoms with van der Waals surface area (Å²) in [5.74, 6) is 3.24. The molecule has 45 heavy (non-hydrogen) atoms. The number of urea groups is 1. The molecule has 6 rings (SSSR count). The lowest BCUT2D eigenvalue weighted by Gasteiger charge is -2.22. The molecule has 0 fully saturated rings. The van der Waals surface area contributed by atoms with Crippen LogP contribution in [0.4, 0.5) is 35.0 Å². The summed E-state index contributed by atoms with van der Waals surface area (Å²) < 4.78 is 46.3. The summed E-state index contributed by atoms with van der Waals surface area (Å²) in [7, 11) is 1.83. The highest BCUT2D eigenvalue weighted by atomic mass is 19.4. The molecule has 0 aliphatic carbocycles. The van der Waals surface area contributed by atoms with E-state index in [2.05, 4.69) is 42.4 Å². The zero-order chi connectivity index (χ0) is 31.6. The van der Waals surface area contributed by atoms with Gasteiger partial charge in [0.15, 0.2) is 5.65 Å². The lowest BCUT2D eigenvalue weighted by molar-refractivity contribution is -0.191. The molecule has 11 nitrogen and oxygen atoms in total. The van der Waals surface area contributed by atoms with Gasteiger partial charge in [0.05, 0.1) is 36.2 Å². The van der Waals surface area contributed by atoms with Crippen LogP contribution in [0.1, 0.15) is 29.3 Å². The van der Waals surface area contributed by atoms with E-state index in [9.17, 15) is 22.8 Å². The maximum Gasteiger partial charge on any atom is 0.491 e. The van der Waals surface area contributed by atoms with E-state index in [-0.39, 0.29) is 6.42 Å². The Hall–Kier alpha value is -6.10. The second kappa shape index (κ2) is 11.9. The van der Waals surface area contributed by atoms with Gasteiger partial charge in [0.1, 0.15) is 5.69 Å². The van der Waals surface area contributed by atoms with E-state index >= 15 is 0 Å². The number of nitrogens with zero attached hydrogens (tertiary/aromatic N) is 6. The number of aryl methyl sites for hydroxylation is 1. The summed E-state index contributed by atoms with van der Waals surface area (Å²) in [4.78, 5) is 29.2. The molecule has 3 aromatic heterocycles. The quantitative estimate of drug-likeness (QED) is 0.201. The molecular formula is C31H23F3N8O3. The van der Waals surface area contributed by atoms with Crippen molar-refractivity contribution in [2.45, 2.75) is 18.6 Å². The number of alkyl halides is 3. The number of esters is 1. The number of hydrogen-bond acceptors (Lipinski definition) is 7. The lowest BCUT2D eigenvalue weighted by atomic mass is 10.0. The number of imidazole rings is 1. The maximum absolute atomic E-state index is 13.3. The third-order valence-corrected chi connectivity index (χ3v) is 6.69. The van der Waals surface area contributed by atoms with Gasteiger partial charge in [0.25, 0.3) is 0 Å². The first-order valence-corrected chi connectivity index (χ1v) is 13.5. The molecule has 1 unspecified atom stereocenters. The monoisotopic (exact) mass is 612 g/mol. The summed E-state index contributed by atoms with van der Waals surface area (Å²) in [6.07, 6.45) is 1.63. The molecule has 0 saturated carbocycles. The number of rotatable bonds is 4. The van der Waals surface area contributed by atoms with Crippen molar-refractivity contribution < 1.29 is 27.5 Å². The Kier molecular flexibility index (Phi) is 7.66. The van der Waals surface area contributed by atoms with E-state index in [1.165, 1.54) is 0 Å². The predicted molar refractivity (Wildman–Crippen MR) is 158 cm³/mol. The van der Waals surface area contributed by atoms with E-state index in [1.54, 1.807) is 71.7 Å². The van der Waals surface area contributed by atoms with Crippen LogP contribution in [0.3, 0.4) is 0 Å². The number of nitrogens with one attached hydrogen (secondary N) is 2. The average molecular weight is 613 g/mol. The molecule has 14 heteroatoms. The van der Waals surface area contributed by atoms with Gasteiger partial charge in [-0.05, 0) is 41.8 Å². The number of hydrogen-bond donors (Lipinski definition) is 2. The van der Waals surface area contributed by atoms with Gasteiger partial charge in [-0.1, -0.05) is 42.3 Å². The molecule has 0 saturated heterocycles. The van der Waals surface area contributed by atoms with Crippen LogP contribution in [-0.2, 0) is 16.6 Å². The molecule has 2 amide bonds. The molecule has 1 aliphatic heterocycles. The number of fused-ring (bicyclic) bond motifs is 1. The fourth-order valence-corrected chi connectivity index (χ4v) is 4.66. The predicted octanol–water partition coefficient (Wildman–Crippen LogP) is 5.61. The smallest absolute Gasteiger partial charge is 0.403 e. The Morgan fingerprint density at radius 2 is 1.82 bits per heavy atom. The molecule has 4 heterocycles. The van der Waals surface area contributed by atoms with Crippen LogP contribution in [0.25, 0.3) is 5.65 Å². The zero-order valence-electron chi connectivity index (χ0n) is 23.5. The normalized spacial score (nSPS) is 14.4. The first-order valence-electron chi connectivity index (χ1n) is 13.5. The van der Waals surface area contributed by atoms with Crippen LogP contribution in [0.2, 0.25) is 0 Å². The number of benzene rings is 2. The summed E-state index contributed by atoms with van der Waals surface area (Å²) in [6, 6.07) is 17.6. The van der Waals surface area contributed by atoms with E-state index in [4.69, 9.17) is 0 Å². The standard InChI is InChI=1S/C31H23F3N8O3/c1-40-19-23(17-36-40)37-25-11-6-14-41-24(18-35-28(25)41)13-12-20-7-5-10-22(15-20)38-30(44)42-26(21-8-3-2-4-9-21)16-27(39-42)45-29(43)31(32,33)34/h2-11,14-15,17-19,26,37H,16H2,1H3,(H,38,44). The molecule has 2 N–H and O–H groups in total. The number of aromatic nitrogens is 4. The highest BCUT2D eigenvalue weighted by molar-refractivity contribution is 5.96. The van der Waals surface area contributed by atoms with Gasteiger partial charge in [0, 0.05) is 30.7 Å². The lowest BCUT2D eigenvalue weighted by Crippen LogP contribution is -2.31. The zero-order valence-corrected chi connectivity index (χ0v) is 23.5. The number of halogens is 3. The van der Waals surface area contributed by atoms with Crippen LogP contribution in [0.15, 0.2) is 96.6 Å². The first-order chi connectivity index (χ1) is 21.6. The molecule has 0 radical (unpaired) electrons. The van der Waals surface area contributed by atoms with E-state index in [0.717, 1.165) is 16.4 Å². The van der Waals surface area contributed by atoms with Crippen molar-refractivity contribution in [1.29, 1.82) is 0 Å². The number of carbonyl (C=O) groups excluding carboxylic acids is 2. The first kappa shape index (κ1) is 29.0. The molecule has 1 atom stereocenters. The fourth-order valence-electron chi connectivity index (χ4n) is 4.66. The molecule has 0 bridgehead atoms. The number of ether oxygens (including phenoxy) is 1. The number of pyridine rings is 1. The third-order valence-electron chi connectivity index (χ3n) is 6.69. The third kappa shape index (κ3) is 6.47. The average Bonchev–Trinajstić information content (AvgIpc) is 3.75. The minimum Gasteiger partial charge on any atom is -0.403 e. The van der Waals surface area contributed by atoms with E-state index in [1.807, 2.05) is 36.0 Å². The van der Waals surface area contributed by atoms with Gasteiger partial charge >= 0.3 is 18.2 Å². The van der Waals surface area contributed by atoms with Crippen LogP contribution >= 0.6 is 0 Å². The highest BCUT2D eigenvalue weighted by Crippen LogP contribution is 2.32. The van der Waals surface area contributed by atoms with Gasteiger partial charge in [0.2, 0.25) is 5.90 Å². The molecule has 5 aromatic rings. The van der Waals surface area contributed by atoms with Gasteiger partial charge in [-0.15, -0.1) is 5.10 Å². The minimum absolute atomic E-state index is 0.219. The second-order valence-corrected chi connectivity index (χ2v) is 9.90. The van der Waals surface area contributed by atoms with E-state index in [0.29, 0.717) is 28.2 Å². The SMILES string of the molecule is Cn1cc(Nc2cccn3c(C#Cc4cccc(NC(=O)N5N=C(OC(=O)C(F)(F)F)CC5c5ccccc5)c4)cnc23)cn1. The van der Waals surface area contributed by atoms with Gasteiger partial charge in [-0.2, -0.15) is 18.3 Å². The maximum atomic E-state index is 13.3. The topological polar surface area (TPSA) is 118 Å². The van der Waals surface area contributed by atoms with Gasteiger partial charge in [-0.3, -0.25) is 9.08 Å². The highest BCUT2D eigenvalue weighted by Gasteiger charge is 2.44. The van der Waals surface area contributed by atoms with Crippen molar-refractivity contribution in [3.8, 4) is 11.8 Å². The fraction of sp³-hybridized carbons (Fsp3) is 0.129. The number of amides is 2. The molecular weight excluding hydrogens is 589 g/mol. The summed E-state index contributed by atoms with van der Waals surface area (Å²) >= 11 is 0. The largest absolute Gasteiger partial charge is 0.491 e. The Bertz CT molecular complexity index is 1990. The van der Waals surface area contributed by atoms with Crippen molar-refractivity contribution in [2.24, 2.45) is 12.1 Å². The number of carbonyl (C=O) groups is 2. The van der Waals surface area contributed by atoms with Crippen LogP contribution < -0.4 is 10.6 Å². The van der Waals surface area contributed by atoms with Crippen molar-refractivity contribution in [2.75, 3.05) is 10.6 Å². The van der Waals surface area contributed by atoms with Gasteiger partial charge < -0.3 is 15.4 Å². The summed E-state index contributed by atoms with van der Waals surface area (Å²) in [6.45, 7) is 0. The number of anilines is 3. The Balaban J connectivity index is 1.20. The van der Waals surface area contributed by atoms with Crippen LogP contribution in [-0.4, -0.2) is 48.2 Å². The summed E-state index contributed by atoms with van der Waals surface area (Å²) in [5, 5.41) is 15.0. The van der Waals surface area contributed by atoms with Crippen LogP contribution in [0, 0.1) is 11.8 Å². The minimum atomic E-state index is -5.20. The van der Waals surface area contributed by atoms with Crippen molar-refractivity contribution >= 4 is 40.6 Å². The number of hydrazone groups is 1. The Morgan fingerprint density at radius 1 is 1.00 bits per heavy atom. The van der Waals surface area contributed by atoms with Crippen LogP contribution in [0.5, 0.6) is 0 Å². The van der Waals surface area contributed by atoms with Gasteiger partial charge in [-0.25, -0.2) is 19.6 Å². The molecule has 0 spiro atoms. The van der Waals surface area contributed by atoms with Crippen molar-refractivity contribution in [1.82, 2.24) is 24.2 Å². The molecule has 1 aliphatic rings. The Labute approximate surface area is 253 Å².